The number of amides is 1. The van der Waals surface area contributed by atoms with Crippen LogP contribution >= 0.6 is 11.6 Å². The summed E-state index contributed by atoms with van der Waals surface area (Å²) in [7, 11) is 0. The fourth-order valence-corrected chi connectivity index (χ4v) is 3.56. The molecule has 3 aromatic rings. The van der Waals surface area contributed by atoms with Crippen molar-refractivity contribution in [2.75, 3.05) is 6.54 Å². The van der Waals surface area contributed by atoms with Crippen LogP contribution in [0.25, 0.3) is 10.9 Å². The Morgan fingerprint density at radius 1 is 1.20 bits per heavy atom. The number of phenols is 1. The van der Waals surface area contributed by atoms with E-state index >= 15 is 0 Å². The number of carboxylic acid groups (broad SMARTS) is 1. The zero-order valence-electron chi connectivity index (χ0n) is 16.1. The molecule has 1 heterocycles. The Balaban J connectivity index is 2.15. The first kappa shape index (κ1) is 21.3. The van der Waals surface area contributed by atoms with Crippen LogP contribution in [0, 0.1) is 12.7 Å². The fourth-order valence-electron chi connectivity index (χ4n) is 3.44. The van der Waals surface area contributed by atoms with Gasteiger partial charge in [-0.05, 0) is 55.8 Å². The highest BCUT2D eigenvalue weighted by Gasteiger charge is 2.27. The number of hydrogen-bond donors (Lipinski definition) is 3. The van der Waals surface area contributed by atoms with E-state index in [1.807, 2.05) is 0 Å². The van der Waals surface area contributed by atoms with E-state index in [1.165, 1.54) is 34.9 Å². The molecule has 30 heavy (non-hydrogen) atoms. The van der Waals surface area contributed by atoms with Crippen LogP contribution in [0.15, 0.2) is 36.4 Å². The molecule has 0 fully saturated rings. The van der Waals surface area contributed by atoms with E-state index in [4.69, 9.17) is 16.7 Å². The Labute approximate surface area is 175 Å². The summed E-state index contributed by atoms with van der Waals surface area (Å²) in [6, 6.07) is 8.03. The topological polar surface area (TPSA) is 109 Å². The van der Waals surface area contributed by atoms with Crippen LogP contribution < -0.4 is 5.32 Å². The number of phenolic OH excluding ortho intramolecular Hbond substituents is 1. The minimum Gasteiger partial charge on any atom is -0.508 e. The van der Waals surface area contributed by atoms with Crippen molar-refractivity contribution in [1.29, 1.82) is 0 Å². The molecule has 3 rings (SSSR count). The van der Waals surface area contributed by atoms with E-state index < -0.39 is 36.1 Å². The summed E-state index contributed by atoms with van der Waals surface area (Å²) in [4.78, 5) is 36.4. The van der Waals surface area contributed by atoms with Crippen molar-refractivity contribution >= 4 is 40.3 Å². The summed E-state index contributed by atoms with van der Waals surface area (Å²) < 4.78 is 15.2. The fraction of sp³-hybridized carbons (Fsp3) is 0.190. The molecule has 9 heteroatoms. The molecule has 0 saturated heterocycles. The van der Waals surface area contributed by atoms with Crippen molar-refractivity contribution in [3.8, 4) is 5.75 Å². The summed E-state index contributed by atoms with van der Waals surface area (Å²) in [5.41, 5.74) is 1.33. The normalized spacial score (nSPS) is 12.0. The molecule has 0 aliphatic heterocycles. The van der Waals surface area contributed by atoms with Crippen LogP contribution in [0.2, 0.25) is 5.02 Å². The van der Waals surface area contributed by atoms with Crippen molar-refractivity contribution in [2.24, 2.45) is 0 Å². The summed E-state index contributed by atoms with van der Waals surface area (Å²) in [5, 5.41) is 21.4. The van der Waals surface area contributed by atoms with Crippen LogP contribution in [0.5, 0.6) is 5.75 Å². The lowest BCUT2D eigenvalue weighted by Crippen LogP contribution is -2.32. The van der Waals surface area contributed by atoms with Crippen molar-refractivity contribution in [1.82, 2.24) is 9.88 Å². The largest absolute Gasteiger partial charge is 0.508 e. The molecule has 2 aromatic carbocycles. The highest BCUT2D eigenvalue weighted by molar-refractivity contribution is 6.30. The monoisotopic (exact) mass is 432 g/mol. The number of aromatic hydroxyl groups is 1. The second kappa shape index (κ2) is 8.16. The number of rotatable bonds is 5. The summed E-state index contributed by atoms with van der Waals surface area (Å²) in [6.07, 6.45) is 0. The standard InChI is InChI=1S/C21H18ClFN2O5/c1-10(20(29)24-9-18(27)28)19-11(2)25(17-6-4-13(26)8-14(17)19)21(30)12-3-5-15(22)16(23)7-12/h3-8,10,26H,9H2,1-2H3,(H,24,29)(H,27,28). The first-order valence-electron chi connectivity index (χ1n) is 8.95. The highest BCUT2D eigenvalue weighted by atomic mass is 35.5. The predicted octanol–water partition coefficient (Wildman–Crippen LogP) is 3.44. The van der Waals surface area contributed by atoms with E-state index in [0.717, 1.165) is 6.07 Å². The third-order valence-corrected chi connectivity index (χ3v) is 5.15. The lowest BCUT2D eigenvalue weighted by atomic mass is 9.97. The molecule has 0 saturated carbocycles. The highest BCUT2D eigenvalue weighted by Crippen LogP contribution is 2.34. The predicted molar refractivity (Wildman–Crippen MR) is 109 cm³/mol. The van der Waals surface area contributed by atoms with Crippen molar-refractivity contribution in [3.05, 3.63) is 64.1 Å². The average Bonchev–Trinajstić information content (AvgIpc) is 2.97. The maximum Gasteiger partial charge on any atom is 0.322 e. The third-order valence-electron chi connectivity index (χ3n) is 4.85. The Hall–Kier alpha value is -3.39. The zero-order chi connectivity index (χ0) is 22.2. The molecule has 1 amide bonds. The maximum atomic E-state index is 13.9. The molecule has 1 aromatic heterocycles. The average molecular weight is 433 g/mol. The zero-order valence-corrected chi connectivity index (χ0v) is 16.8. The smallest absolute Gasteiger partial charge is 0.322 e. The lowest BCUT2D eigenvalue weighted by Gasteiger charge is -2.13. The molecule has 1 atom stereocenters. The molecule has 1 unspecified atom stereocenters. The molecule has 0 aliphatic carbocycles. The van der Waals surface area contributed by atoms with Crippen LogP contribution in [-0.2, 0) is 9.59 Å². The molecule has 0 bridgehead atoms. The van der Waals surface area contributed by atoms with Gasteiger partial charge in [-0.1, -0.05) is 11.6 Å². The quantitative estimate of drug-likeness (QED) is 0.572. The lowest BCUT2D eigenvalue weighted by molar-refractivity contribution is -0.138. The molecule has 7 nitrogen and oxygen atoms in total. The van der Waals surface area contributed by atoms with Crippen molar-refractivity contribution in [2.45, 2.75) is 19.8 Å². The Bertz CT molecular complexity index is 1190. The van der Waals surface area contributed by atoms with E-state index in [2.05, 4.69) is 5.32 Å². The molecule has 0 aliphatic rings. The van der Waals surface area contributed by atoms with Gasteiger partial charge in [0.2, 0.25) is 5.91 Å². The first-order chi connectivity index (χ1) is 14.1. The number of nitrogens with one attached hydrogen (secondary N) is 1. The van der Waals surface area contributed by atoms with Gasteiger partial charge >= 0.3 is 5.97 Å². The van der Waals surface area contributed by atoms with Gasteiger partial charge in [0.1, 0.15) is 18.1 Å². The van der Waals surface area contributed by atoms with Crippen molar-refractivity contribution < 1.29 is 29.0 Å². The SMILES string of the molecule is Cc1c(C(C)C(=O)NCC(=O)O)c2cc(O)ccc2n1C(=O)c1ccc(Cl)c(F)c1. The third kappa shape index (κ3) is 3.86. The van der Waals surface area contributed by atoms with Gasteiger partial charge in [-0.3, -0.25) is 19.0 Å². The van der Waals surface area contributed by atoms with Crippen LogP contribution in [-0.4, -0.2) is 39.1 Å². The Morgan fingerprint density at radius 3 is 2.53 bits per heavy atom. The number of nitrogens with zero attached hydrogens (tertiary/aromatic N) is 1. The first-order valence-corrected chi connectivity index (χ1v) is 9.32. The summed E-state index contributed by atoms with van der Waals surface area (Å²) >= 11 is 5.70. The van der Waals surface area contributed by atoms with Gasteiger partial charge in [-0.2, -0.15) is 0 Å². The molecule has 3 N–H and O–H groups in total. The number of carboxylic acids is 1. The molecule has 0 spiro atoms. The van der Waals surface area contributed by atoms with Crippen LogP contribution in [0.1, 0.15) is 34.5 Å². The van der Waals surface area contributed by atoms with Gasteiger partial charge < -0.3 is 15.5 Å². The van der Waals surface area contributed by atoms with E-state index in [1.54, 1.807) is 13.8 Å². The minimum atomic E-state index is -1.19. The second-order valence-corrected chi connectivity index (χ2v) is 7.21. The van der Waals surface area contributed by atoms with Gasteiger partial charge in [0.15, 0.2) is 0 Å². The number of benzene rings is 2. The van der Waals surface area contributed by atoms with Crippen LogP contribution in [0.3, 0.4) is 0 Å². The Morgan fingerprint density at radius 2 is 1.90 bits per heavy atom. The minimum absolute atomic E-state index is 0.0551. The number of aromatic nitrogens is 1. The van der Waals surface area contributed by atoms with Crippen LogP contribution in [0.4, 0.5) is 4.39 Å². The van der Waals surface area contributed by atoms with Crippen molar-refractivity contribution in [3.63, 3.8) is 0 Å². The molecular formula is C21H18ClFN2O5. The maximum absolute atomic E-state index is 13.9. The number of carbonyl (C=O) groups is 3. The van der Waals surface area contributed by atoms with Gasteiger partial charge in [0.25, 0.3) is 5.91 Å². The number of carbonyl (C=O) groups excluding carboxylic acids is 2. The van der Waals surface area contributed by atoms with E-state index in [-0.39, 0.29) is 16.3 Å². The molecule has 0 radical (unpaired) electrons. The van der Waals surface area contributed by atoms with E-state index in [0.29, 0.717) is 22.2 Å². The number of fused-ring (bicyclic) bond motifs is 1. The summed E-state index contributed by atoms with van der Waals surface area (Å²) in [6.45, 7) is 2.65. The summed E-state index contributed by atoms with van der Waals surface area (Å²) in [5.74, 6) is -3.90. The van der Waals surface area contributed by atoms with Gasteiger partial charge in [-0.25, -0.2) is 4.39 Å². The van der Waals surface area contributed by atoms with E-state index in [9.17, 15) is 23.9 Å². The van der Waals surface area contributed by atoms with Gasteiger partial charge in [-0.15, -0.1) is 0 Å². The number of halogens is 2. The number of aliphatic carboxylic acids is 1. The molecular weight excluding hydrogens is 415 g/mol. The second-order valence-electron chi connectivity index (χ2n) is 6.80. The molecule has 156 valence electrons. The number of hydrogen-bond acceptors (Lipinski definition) is 4. The van der Waals surface area contributed by atoms with Gasteiger partial charge in [0, 0.05) is 16.6 Å². The van der Waals surface area contributed by atoms with Gasteiger partial charge in [0.05, 0.1) is 16.5 Å². The Kier molecular flexibility index (Phi) is 5.80.